The molecule has 3 atom stereocenters. The maximum atomic E-state index is 13.2. The van der Waals surface area contributed by atoms with Gasteiger partial charge < -0.3 is 20.0 Å². The Bertz CT molecular complexity index is 737. The van der Waals surface area contributed by atoms with E-state index in [1.165, 1.54) is 11.8 Å². The molecular formula is C21H30N4O3S. The van der Waals surface area contributed by atoms with Crippen LogP contribution in [-0.2, 0) is 9.59 Å². The van der Waals surface area contributed by atoms with Crippen molar-refractivity contribution >= 4 is 28.8 Å². The van der Waals surface area contributed by atoms with E-state index in [0.29, 0.717) is 25.3 Å². The van der Waals surface area contributed by atoms with Crippen LogP contribution in [0.25, 0.3) is 0 Å². The summed E-state index contributed by atoms with van der Waals surface area (Å²) in [5.41, 5.74) is 0.963. The Morgan fingerprint density at radius 3 is 2.38 bits per heavy atom. The van der Waals surface area contributed by atoms with E-state index in [1.54, 1.807) is 16.7 Å². The van der Waals surface area contributed by atoms with E-state index >= 15 is 0 Å². The monoisotopic (exact) mass is 418 g/mol. The van der Waals surface area contributed by atoms with Crippen LogP contribution >= 0.6 is 11.8 Å². The van der Waals surface area contributed by atoms with Crippen molar-refractivity contribution in [1.82, 2.24) is 20.0 Å². The van der Waals surface area contributed by atoms with Crippen molar-refractivity contribution in [2.24, 2.45) is 0 Å². The molecular weight excluding hydrogens is 388 g/mol. The number of nitrogens with zero attached hydrogens (tertiary/aromatic N) is 3. The molecule has 2 heterocycles. The number of nitrogens with one attached hydrogen (secondary N) is 1. The van der Waals surface area contributed by atoms with Crippen LogP contribution < -0.4 is 5.32 Å². The predicted molar refractivity (Wildman–Crippen MR) is 115 cm³/mol. The zero-order valence-electron chi connectivity index (χ0n) is 17.3. The van der Waals surface area contributed by atoms with Gasteiger partial charge in [0.1, 0.15) is 12.1 Å². The molecule has 8 heteroatoms. The van der Waals surface area contributed by atoms with Crippen molar-refractivity contribution in [2.45, 2.75) is 38.4 Å². The lowest BCUT2D eigenvalue weighted by molar-refractivity contribution is -0.134. The summed E-state index contributed by atoms with van der Waals surface area (Å²) in [6.07, 6.45) is 0.634. The summed E-state index contributed by atoms with van der Waals surface area (Å²) in [7, 11) is 2.03. The Hall–Kier alpha value is -2.06. The predicted octanol–water partition coefficient (Wildman–Crippen LogP) is 1.95. The molecule has 2 unspecified atom stereocenters. The molecule has 1 aromatic carbocycles. The topological polar surface area (TPSA) is 73.0 Å². The minimum atomic E-state index is -0.638. The molecule has 3 amide bonds. The standard InChI is InChI=1S/C21H30N4O3S/c1-15(19(26)24-12-10-23(3)11-13-24)22-21(28)25(18-9-14-29-20(18)27)16(2)17-7-5-4-6-8-17/h4-8,15-16,18H,9-14H2,1-3H3,(H,22,28)/t15-,16?,18?/m0/s1. The van der Waals surface area contributed by atoms with Crippen LogP contribution in [0.2, 0.25) is 0 Å². The number of thioether (sulfide) groups is 1. The Morgan fingerprint density at radius 2 is 1.79 bits per heavy atom. The van der Waals surface area contributed by atoms with Crippen LogP contribution in [0.1, 0.15) is 31.9 Å². The fourth-order valence-electron chi connectivity index (χ4n) is 3.84. The van der Waals surface area contributed by atoms with E-state index in [0.717, 1.165) is 18.7 Å². The Morgan fingerprint density at radius 1 is 1.14 bits per heavy atom. The second kappa shape index (κ2) is 9.63. The normalized spacial score (nSPS) is 22.2. The average molecular weight is 419 g/mol. The van der Waals surface area contributed by atoms with Gasteiger partial charge in [0.25, 0.3) is 0 Å². The summed E-state index contributed by atoms with van der Waals surface area (Å²) in [6.45, 7) is 6.64. The van der Waals surface area contributed by atoms with Gasteiger partial charge >= 0.3 is 6.03 Å². The minimum absolute atomic E-state index is 0.0148. The highest BCUT2D eigenvalue weighted by atomic mass is 32.2. The quantitative estimate of drug-likeness (QED) is 0.791. The van der Waals surface area contributed by atoms with Crippen LogP contribution in [0.5, 0.6) is 0 Å². The van der Waals surface area contributed by atoms with Gasteiger partial charge in [0.15, 0.2) is 0 Å². The summed E-state index contributed by atoms with van der Waals surface area (Å²) in [4.78, 5) is 44.0. The summed E-state index contributed by atoms with van der Waals surface area (Å²) >= 11 is 1.27. The molecule has 0 radical (unpaired) electrons. The number of hydrogen-bond donors (Lipinski definition) is 1. The number of carbonyl (C=O) groups is 3. The van der Waals surface area contributed by atoms with Gasteiger partial charge in [0.05, 0.1) is 6.04 Å². The largest absolute Gasteiger partial charge is 0.338 e. The molecule has 7 nitrogen and oxygen atoms in total. The van der Waals surface area contributed by atoms with Crippen molar-refractivity contribution in [3.05, 3.63) is 35.9 Å². The van der Waals surface area contributed by atoms with Gasteiger partial charge in [-0.1, -0.05) is 42.1 Å². The summed E-state index contributed by atoms with van der Waals surface area (Å²) in [5, 5.41) is 2.87. The van der Waals surface area contributed by atoms with Crippen LogP contribution in [0.15, 0.2) is 30.3 Å². The van der Waals surface area contributed by atoms with E-state index in [2.05, 4.69) is 10.2 Å². The lowest BCUT2D eigenvalue weighted by Crippen LogP contribution is -2.56. The van der Waals surface area contributed by atoms with E-state index in [9.17, 15) is 14.4 Å². The second-order valence-electron chi connectivity index (χ2n) is 7.77. The molecule has 3 rings (SSSR count). The smallest absolute Gasteiger partial charge is 0.319 e. The third-order valence-electron chi connectivity index (χ3n) is 5.70. The molecule has 29 heavy (non-hydrogen) atoms. The molecule has 2 aliphatic heterocycles. The first-order valence-electron chi connectivity index (χ1n) is 10.2. The first-order chi connectivity index (χ1) is 13.9. The second-order valence-corrected chi connectivity index (χ2v) is 8.86. The molecule has 0 aliphatic carbocycles. The van der Waals surface area contributed by atoms with Gasteiger partial charge in [-0.3, -0.25) is 9.59 Å². The molecule has 2 aliphatic rings. The first kappa shape index (κ1) is 21.6. The van der Waals surface area contributed by atoms with Crippen LogP contribution in [0.3, 0.4) is 0 Å². The van der Waals surface area contributed by atoms with Crippen LogP contribution in [-0.4, -0.2) is 82.8 Å². The highest BCUT2D eigenvalue weighted by Gasteiger charge is 2.38. The Balaban J connectivity index is 1.72. The number of urea groups is 1. The summed E-state index contributed by atoms with van der Waals surface area (Å²) in [5.74, 6) is 0.635. The van der Waals surface area contributed by atoms with Gasteiger partial charge in [-0.05, 0) is 32.9 Å². The highest BCUT2D eigenvalue weighted by molar-refractivity contribution is 8.14. The number of hydrogen-bond acceptors (Lipinski definition) is 5. The van der Waals surface area contributed by atoms with Gasteiger partial charge in [0.2, 0.25) is 11.0 Å². The molecule has 0 aromatic heterocycles. The van der Waals surface area contributed by atoms with Crippen molar-refractivity contribution in [2.75, 3.05) is 39.0 Å². The van der Waals surface area contributed by atoms with Crippen molar-refractivity contribution in [3.8, 4) is 0 Å². The number of likely N-dealkylation sites (N-methyl/N-ethyl adjacent to an activating group) is 1. The van der Waals surface area contributed by atoms with E-state index in [1.807, 2.05) is 44.3 Å². The molecule has 1 aromatic rings. The van der Waals surface area contributed by atoms with Crippen molar-refractivity contribution < 1.29 is 14.4 Å². The third kappa shape index (κ3) is 5.11. The number of benzene rings is 1. The Kier molecular flexibility index (Phi) is 7.18. The third-order valence-corrected chi connectivity index (χ3v) is 6.70. The Labute approximate surface area is 176 Å². The average Bonchev–Trinajstić information content (AvgIpc) is 3.14. The summed E-state index contributed by atoms with van der Waals surface area (Å²) < 4.78 is 0. The highest BCUT2D eigenvalue weighted by Crippen LogP contribution is 2.31. The van der Waals surface area contributed by atoms with Crippen LogP contribution in [0, 0.1) is 0 Å². The maximum absolute atomic E-state index is 13.2. The number of rotatable bonds is 5. The molecule has 0 spiro atoms. The first-order valence-corrected chi connectivity index (χ1v) is 11.1. The maximum Gasteiger partial charge on any atom is 0.319 e. The molecule has 1 N–H and O–H groups in total. The van der Waals surface area contributed by atoms with Crippen molar-refractivity contribution in [3.63, 3.8) is 0 Å². The summed E-state index contributed by atoms with van der Waals surface area (Å²) in [6, 6.07) is 7.94. The molecule has 0 bridgehead atoms. The van der Waals surface area contributed by atoms with E-state index in [-0.39, 0.29) is 23.1 Å². The molecule has 158 valence electrons. The van der Waals surface area contributed by atoms with Gasteiger partial charge in [-0.15, -0.1) is 0 Å². The fraction of sp³-hybridized carbons (Fsp3) is 0.571. The van der Waals surface area contributed by atoms with E-state index < -0.39 is 12.1 Å². The van der Waals surface area contributed by atoms with Gasteiger partial charge in [0, 0.05) is 31.9 Å². The molecule has 0 saturated carbocycles. The minimum Gasteiger partial charge on any atom is -0.338 e. The van der Waals surface area contributed by atoms with Crippen LogP contribution in [0.4, 0.5) is 4.79 Å². The molecule has 2 fully saturated rings. The van der Waals surface area contributed by atoms with E-state index in [4.69, 9.17) is 0 Å². The number of piperazine rings is 1. The number of carbonyl (C=O) groups excluding carboxylic acids is 3. The zero-order valence-corrected chi connectivity index (χ0v) is 18.2. The molecule has 2 saturated heterocycles. The zero-order chi connectivity index (χ0) is 21.0. The SMILES string of the molecule is CC(c1ccccc1)N(C(=O)N[C@@H](C)C(=O)N1CCN(C)CC1)C1CCSC1=O. The van der Waals surface area contributed by atoms with Gasteiger partial charge in [-0.25, -0.2) is 4.79 Å². The fourth-order valence-corrected chi connectivity index (χ4v) is 4.81. The lowest BCUT2D eigenvalue weighted by Gasteiger charge is -2.36. The van der Waals surface area contributed by atoms with Gasteiger partial charge in [-0.2, -0.15) is 0 Å². The lowest BCUT2D eigenvalue weighted by atomic mass is 10.0. The van der Waals surface area contributed by atoms with Crippen molar-refractivity contribution in [1.29, 1.82) is 0 Å². The number of amides is 3.